The molecule has 0 aromatic carbocycles. The topological polar surface area (TPSA) is 114 Å². The molecule has 1 amide bonds. The molecular formula is C16H20N4O4S. The van der Waals surface area contributed by atoms with E-state index >= 15 is 0 Å². The number of pyridine rings is 1. The molecule has 2 N–H and O–H groups in total. The van der Waals surface area contributed by atoms with Gasteiger partial charge >= 0.3 is 0 Å². The van der Waals surface area contributed by atoms with Crippen molar-refractivity contribution in [2.45, 2.75) is 31.2 Å². The second-order valence-electron chi connectivity index (χ2n) is 7.16. The van der Waals surface area contributed by atoms with E-state index in [-0.39, 0.29) is 23.3 Å². The van der Waals surface area contributed by atoms with Crippen molar-refractivity contribution in [1.29, 1.82) is 0 Å². The zero-order valence-electron chi connectivity index (χ0n) is 13.9. The molecule has 2 aromatic heterocycles. The molecule has 0 aliphatic carbocycles. The highest BCUT2D eigenvalue weighted by Gasteiger charge is 2.45. The van der Waals surface area contributed by atoms with E-state index in [0.29, 0.717) is 24.4 Å². The number of carbonyl (C=O) groups excluding carboxylic acids is 1. The lowest BCUT2D eigenvalue weighted by molar-refractivity contribution is 0.0847. The molecule has 2 aromatic rings. The van der Waals surface area contributed by atoms with Crippen LogP contribution < -0.4 is 5.32 Å². The van der Waals surface area contributed by atoms with Crippen molar-refractivity contribution >= 4 is 26.8 Å². The number of carbonyl (C=O) groups is 1. The molecule has 0 saturated carbocycles. The number of aromatic nitrogens is 3. The van der Waals surface area contributed by atoms with Gasteiger partial charge in [0.1, 0.15) is 0 Å². The van der Waals surface area contributed by atoms with Crippen molar-refractivity contribution in [1.82, 2.24) is 20.5 Å². The summed E-state index contributed by atoms with van der Waals surface area (Å²) in [6.07, 6.45) is 3.28. The first-order valence-electron chi connectivity index (χ1n) is 8.30. The maximum atomic E-state index is 12.5. The average molecular weight is 364 g/mol. The summed E-state index contributed by atoms with van der Waals surface area (Å²) >= 11 is 0. The van der Waals surface area contributed by atoms with Gasteiger partial charge in [0, 0.05) is 30.7 Å². The Balaban J connectivity index is 1.59. The molecule has 134 valence electrons. The van der Waals surface area contributed by atoms with Crippen molar-refractivity contribution < 1.29 is 17.9 Å². The zero-order valence-corrected chi connectivity index (χ0v) is 14.7. The molecule has 0 spiro atoms. The molecule has 4 rings (SSSR count). The van der Waals surface area contributed by atoms with Gasteiger partial charge in [-0.15, -0.1) is 0 Å². The van der Waals surface area contributed by atoms with Crippen LogP contribution in [0.2, 0.25) is 0 Å². The van der Waals surface area contributed by atoms with Gasteiger partial charge in [0.05, 0.1) is 28.3 Å². The number of fused-ring (bicyclic) bond motifs is 1. The van der Waals surface area contributed by atoms with Crippen LogP contribution in [0, 0.1) is 0 Å². The SMILES string of the molecule is CC1(NC(=O)c2cnc3[nH]nc(C4CCOCC4)c3c2)CS(=O)(=O)C1. The number of nitrogens with zero attached hydrogens (tertiary/aromatic N) is 2. The van der Waals surface area contributed by atoms with Gasteiger partial charge in [0.2, 0.25) is 0 Å². The number of rotatable bonds is 3. The van der Waals surface area contributed by atoms with Crippen molar-refractivity contribution in [2.24, 2.45) is 0 Å². The van der Waals surface area contributed by atoms with Gasteiger partial charge in [-0.05, 0) is 25.8 Å². The van der Waals surface area contributed by atoms with Gasteiger partial charge < -0.3 is 10.1 Å². The van der Waals surface area contributed by atoms with Crippen LogP contribution in [0.5, 0.6) is 0 Å². The maximum Gasteiger partial charge on any atom is 0.253 e. The second-order valence-corrected chi connectivity index (χ2v) is 9.23. The summed E-state index contributed by atoms with van der Waals surface area (Å²) in [5, 5.41) is 11.0. The highest BCUT2D eigenvalue weighted by molar-refractivity contribution is 7.93. The van der Waals surface area contributed by atoms with Gasteiger partial charge in [-0.3, -0.25) is 9.89 Å². The first kappa shape index (κ1) is 16.5. The van der Waals surface area contributed by atoms with Crippen LogP contribution in [0.3, 0.4) is 0 Å². The first-order chi connectivity index (χ1) is 11.9. The van der Waals surface area contributed by atoms with Gasteiger partial charge in [-0.25, -0.2) is 13.4 Å². The minimum atomic E-state index is -3.02. The van der Waals surface area contributed by atoms with Gasteiger partial charge in [-0.1, -0.05) is 0 Å². The van der Waals surface area contributed by atoms with Gasteiger partial charge in [0.25, 0.3) is 5.91 Å². The van der Waals surface area contributed by atoms with Crippen LogP contribution in [0.1, 0.15) is 41.7 Å². The Bertz CT molecular complexity index is 919. The predicted octanol–water partition coefficient (Wildman–Crippen LogP) is 0.769. The summed E-state index contributed by atoms with van der Waals surface area (Å²) in [6.45, 7) is 3.15. The molecule has 0 unspecified atom stereocenters. The number of ether oxygens (including phenoxy) is 1. The fraction of sp³-hybridized carbons (Fsp3) is 0.562. The fourth-order valence-electron chi connectivity index (χ4n) is 3.68. The summed E-state index contributed by atoms with van der Waals surface area (Å²) in [5.41, 5.74) is 1.27. The summed E-state index contributed by atoms with van der Waals surface area (Å²) in [4.78, 5) is 16.8. The third kappa shape index (κ3) is 3.13. The summed E-state index contributed by atoms with van der Waals surface area (Å²) in [7, 11) is -3.02. The minimum Gasteiger partial charge on any atom is -0.381 e. The minimum absolute atomic E-state index is 0.0273. The Morgan fingerprint density at radius 1 is 1.36 bits per heavy atom. The van der Waals surface area contributed by atoms with Crippen molar-refractivity contribution in [3.05, 3.63) is 23.5 Å². The monoisotopic (exact) mass is 364 g/mol. The highest BCUT2D eigenvalue weighted by Crippen LogP contribution is 2.30. The Kier molecular flexibility index (Phi) is 3.80. The molecule has 0 bridgehead atoms. The molecule has 2 aliphatic heterocycles. The summed E-state index contributed by atoms with van der Waals surface area (Å²) in [6, 6.07) is 1.78. The van der Waals surface area contributed by atoms with Crippen molar-refractivity contribution in [3.63, 3.8) is 0 Å². The molecular weight excluding hydrogens is 344 g/mol. The van der Waals surface area contributed by atoms with Gasteiger partial charge in [0.15, 0.2) is 15.5 Å². The number of hydrogen-bond acceptors (Lipinski definition) is 6. The molecule has 9 heteroatoms. The largest absolute Gasteiger partial charge is 0.381 e. The Morgan fingerprint density at radius 3 is 2.76 bits per heavy atom. The van der Waals surface area contributed by atoms with E-state index in [4.69, 9.17) is 4.74 Å². The maximum absolute atomic E-state index is 12.5. The predicted molar refractivity (Wildman–Crippen MR) is 91.2 cm³/mol. The molecule has 25 heavy (non-hydrogen) atoms. The van der Waals surface area contributed by atoms with E-state index in [1.54, 1.807) is 13.0 Å². The van der Waals surface area contributed by atoms with E-state index in [2.05, 4.69) is 20.5 Å². The third-order valence-corrected chi connectivity index (χ3v) is 6.96. The molecule has 2 aliphatic rings. The Labute approximate surface area is 145 Å². The van der Waals surface area contributed by atoms with Gasteiger partial charge in [-0.2, -0.15) is 5.10 Å². The number of nitrogens with one attached hydrogen (secondary N) is 2. The normalized spacial score (nSPS) is 22.4. The van der Waals surface area contributed by atoms with Crippen LogP contribution in [-0.2, 0) is 14.6 Å². The second kappa shape index (κ2) is 5.77. The lowest BCUT2D eigenvalue weighted by atomic mass is 9.94. The van der Waals surface area contributed by atoms with Crippen molar-refractivity contribution in [2.75, 3.05) is 24.7 Å². The van der Waals surface area contributed by atoms with Crippen LogP contribution in [0.25, 0.3) is 11.0 Å². The number of sulfone groups is 1. The highest BCUT2D eigenvalue weighted by atomic mass is 32.2. The van der Waals surface area contributed by atoms with E-state index in [1.165, 1.54) is 6.20 Å². The zero-order chi connectivity index (χ0) is 17.7. The number of hydrogen-bond donors (Lipinski definition) is 2. The molecule has 0 radical (unpaired) electrons. The fourth-order valence-corrected chi connectivity index (χ4v) is 5.68. The van der Waals surface area contributed by atoms with Crippen molar-refractivity contribution in [3.8, 4) is 0 Å². The molecule has 4 heterocycles. The Hall–Kier alpha value is -2.00. The van der Waals surface area contributed by atoms with E-state index < -0.39 is 15.4 Å². The molecule has 2 fully saturated rings. The first-order valence-corrected chi connectivity index (χ1v) is 10.1. The molecule has 2 saturated heterocycles. The molecule has 0 atom stereocenters. The third-order valence-electron chi connectivity index (χ3n) is 4.81. The standard InChI is InChI=1S/C16H20N4O4S/c1-16(8-25(22,23)9-16)18-15(21)11-6-12-13(10-2-4-24-5-3-10)19-20-14(12)17-7-11/h6-7,10H,2-5,8-9H2,1H3,(H,18,21)(H,17,19,20). The summed E-state index contributed by atoms with van der Waals surface area (Å²) in [5.74, 6) is -0.0798. The lowest BCUT2D eigenvalue weighted by Crippen LogP contribution is -2.63. The Morgan fingerprint density at radius 2 is 2.08 bits per heavy atom. The smallest absolute Gasteiger partial charge is 0.253 e. The number of aromatic amines is 1. The quantitative estimate of drug-likeness (QED) is 0.831. The van der Waals surface area contributed by atoms with Crippen LogP contribution in [0.4, 0.5) is 0 Å². The number of amides is 1. The lowest BCUT2D eigenvalue weighted by Gasteiger charge is -2.38. The van der Waals surface area contributed by atoms with E-state index in [9.17, 15) is 13.2 Å². The van der Waals surface area contributed by atoms with E-state index in [1.807, 2.05) is 0 Å². The average Bonchev–Trinajstić information content (AvgIpc) is 2.96. The van der Waals surface area contributed by atoms with Crippen LogP contribution >= 0.6 is 0 Å². The summed E-state index contributed by atoms with van der Waals surface area (Å²) < 4.78 is 28.2. The molecule has 8 nitrogen and oxygen atoms in total. The number of H-pyrrole nitrogens is 1. The van der Waals surface area contributed by atoms with Crippen LogP contribution in [-0.4, -0.2) is 59.8 Å². The van der Waals surface area contributed by atoms with E-state index in [0.717, 1.165) is 23.9 Å². The van der Waals surface area contributed by atoms with Crippen LogP contribution in [0.15, 0.2) is 12.3 Å².